The van der Waals surface area contributed by atoms with Gasteiger partial charge in [-0.25, -0.2) is 4.79 Å². The van der Waals surface area contributed by atoms with Gasteiger partial charge in [-0.3, -0.25) is 0 Å². The molecule has 1 aromatic rings. The molecule has 1 saturated heterocycles. The van der Waals surface area contributed by atoms with Crippen molar-refractivity contribution in [3.05, 3.63) is 35.9 Å². The van der Waals surface area contributed by atoms with Crippen molar-refractivity contribution in [1.82, 2.24) is 5.32 Å². The first-order valence-corrected chi connectivity index (χ1v) is 8.40. The summed E-state index contributed by atoms with van der Waals surface area (Å²) >= 11 is 0. The number of benzene rings is 1. The van der Waals surface area contributed by atoms with Crippen molar-refractivity contribution >= 4 is 6.09 Å². The Morgan fingerprint density at radius 3 is 2.74 bits per heavy atom. The van der Waals surface area contributed by atoms with Crippen LogP contribution in [0, 0.1) is 11.3 Å². The quantitative estimate of drug-likeness (QED) is 0.895. The van der Waals surface area contributed by atoms with Gasteiger partial charge in [0.2, 0.25) is 0 Å². The summed E-state index contributed by atoms with van der Waals surface area (Å²) in [6.45, 7) is 2.20. The molecule has 1 aliphatic carbocycles. The molecule has 3 rings (SSSR count). The highest BCUT2D eigenvalue weighted by Gasteiger charge is 2.48. The Labute approximate surface area is 137 Å². The molecule has 5 heteroatoms. The average molecular weight is 319 g/mol. The van der Waals surface area contributed by atoms with Crippen molar-refractivity contribution in [1.29, 1.82) is 0 Å². The summed E-state index contributed by atoms with van der Waals surface area (Å²) in [7, 11) is 0. The van der Waals surface area contributed by atoms with Crippen LogP contribution in [-0.4, -0.2) is 37.1 Å². The van der Waals surface area contributed by atoms with Gasteiger partial charge < -0.3 is 19.9 Å². The largest absolute Gasteiger partial charge is 0.445 e. The van der Waals surface area contributed by atoms with Crippen LogP contribution in [0.4, 0.5) is 4.79 Å². The minimum Gasteiger partial charge on any atom is -0.445 e. The topological polar surface area (TPSA) is 67.8 Å². The fraction of sp³-hybridized carbons (Fsp3) is 0.611. The maximum atomic E-state index is 11.8. The monoisotopic (exact) mass is 319 g/mol. The maximum absolute atomic E-state index is 11.8. The predicted octanol–water partition coefficient (Wildman–Crippen LogP) is 2.48. The number of aliphatic hydroxyl groups excluding tert-OH is 1. The molecule has 126 valence electrons. The van der Waals surface area contributed by atoms with Crippen molar-refractivity contribution in [2.75, 3.05) is 19.8 Å². The highest BCUT2D eigenvalue weighted by Crippen LogP contribution is 2.48. The number of hydrogen-bond acceptors (Lipinski definition) is 4. The van der Waals surface area contributed by atoms with Crippen molar-refractivity contribution in [3.8, 4) is 0 Å². The van der Waals surface area contributed by atoms with E-state index < -0.39 is 6.09 Å². The average Bonchev–Trinajstić information content (AvgIpc) is 2.89. The minimum absolute atomic E-state index is 0.00145. The zero-order chi connectivity index (χ0) is 16.1. The standard InChI is InChI=1S/C18H25NO4/c20-16-15(6-7-18(16)8-10-22-11-9-18)12-19-17(21)23-13-14-4-2-1-3-5-14/h1-5,15-16,20H,6-13H2,(H,19,21)/t15-,16+/m1/s1. The van der Waals surface area contributed by atoms with E-state index in [1.165, 1.54) is 0 Å². The van der Waals surface area contributed by atoms with E-state index >= 15 is 0 Å². The lowest BCUT2D eigenvalue weighted by Gasteiger charge is -2.37. The van der Waals surface area contributed by atoms with Gasteiger partial charge in [-0.15, -0.1) is 0 Å². The van der Waals surface area contributed by atoms with E-state index in [1.54, 1.807) is 0 Å². The molecule has 1 heterocycles. The van der Waals surface area contributed by atoms with Crippen LogP contribution in [0.15, 0.2) is 30.3 Å². The predicted molar refractivity (Wildman–Crippen MR) is 85.8 cm³/mol. The molecule has 2 fully saturated rings. The molecular formula is C18H25NO4. The second kappa shape index (κ2) is 7.32. The Morgan fingerprint density at radius 2 is 2.00 bits per heavy atom. The minimum atomic E-state index is -0.422. The highest BCUT2D eigenvalue weighted by molar-refractivity contribution is 5.67. The molecule has 0 bridgehead atoms. The van der Waals surface area contributed by atoms with Crippen LogP contribution in [0.25, 0.3) is 0 Å². The highest BCUT2D eigenvalue weighted by atomic mass is 16.5. The zero-order valence-corrected chi connectivity index (χ0v) is 13.4. The lowest BCUT2D eigenvalue weighted by Crippen LogP contribution is -2.41. The van der Waals surface area contributed by atoms with E-state index in [4.69, 9.17) is 9.47 Å². The van der Waals surface area contributed by atoms with Crippen LogP contribution >= 0.6 is 0 Å². The number of nitrogens with one attached hydrogen (secondary N) is 1. The van der Waals surface area contributed by atoms with Crippen LogP contribution in [0.3, 0.4) is 0 Å². The number of amides is 1. The molecule has 0 radical (unpaired) electrons. The van der Waals surface area contributed by atoms with Gasteiger partial charge in [0, 0.05) is 31.1 Å². The zero-order valence-electron chi connectivity index (χ0n) is 13.4. The summed E-state index contributed by atoms with van der Waals surface area (Å²) in [5.74, 6) is 0.109. The molecule has 2 N–H and O–H groups in total. The van der Waals surface area contributed by atoms with Gasteiger partial charge in [0.05, 0.1) is 6.10 Å². The molecule has 0 unspecified atom stereocenters. The van der Waals surface area contributed by atoms with Crippen LogP contribution in [0.5, 0.6) is 0 Å². The molecule has 5 nitrogen and oxygen atoms in total. The maximum Gasteiger partial charge on any atom is 0.407 e. The summed E-state index contributed by atoms with van der Waals surface area (Å²) in [5.41, 5.74) is 0.961. The van der Waals surface area contributed by atoms with Crippen molar-refractivity contribution in [3.63, 3.8) is 0 Å². The van der Waals surface area contributed by atoms with Crippen LogP contribution in [-0.2, 0) is 16.1 Å². The molecule has 2 aliphatic rings. The van der Waals surface area contributed by atoms with E-state index in [9.17, 15) is 9.90 Å². The second-order valence-corrected chi connectivity index (χ2v) is 6.66. The number of carbonyl (C=O) groups is 1. The fourth-order valence-electron chi connectivity index (χ4n) is 3.80. The third kappa shape index (κ3) is 3.85. The Morgan fingerprint density at radius 1 is 1.26 bits per heavy atom. The lowest BCUT2D eigenvalue weighted by atomic mass is 9.76. The van der Waals surface area contributed by atoms with Crippen molar-refractivity contribution in [2.45, 2.75) is 38.4 Å². The van der Waals surface area contributed by atoms with E-state index in [0.29, 0.717) is 6.54 Å². The van der Waals surface area contributed by atoms with Gasteiger partial charge in [0.1, 0.15) is 6.61 Å². The first kappa shape index (κ1) is 16.3. The summed E-state index contributed by atoms with van der Waals surface area (Å²) in [6, 6.07) is 9.60. The van der Waals surface area contributed by atoms with Gasteiger partial charge in [0.25, 0.3) is 0 Å². The second-order valence-electron chi connectivity index (χ2n) is 6.66. The molecule has 1 saturated carbocycles. The molecule has 1 spiro atoms. The fourth-order valence-corrected chi connectivity index (χ4v) is 3.80. The third-order valence-corrected chi connectivity index (χ3v) is 5.30. The van der Waals surface area contributed by atoms with Crippen LogP contribution in [0.1, 0.15) is 31.2 Å². The van der Waals surface area contributed by atoms with Crippen LogP contribution in [0.2, 0.25) is 0 Å². The lowest BCUT2D eigenvalue weighted by molar-refractivity contribution is -0.0556. The third-order valence-electron chi connectivity index (χ3n) is 5.30. The Kier molecular flexibility index (Phi) is 5.18. The van der Waals surface area contributed by atoms with Crippen molar-refractivity contribution < 1.29 is 19.4 Å². The number of carbonyl (C=O) groups excluding carboxylic acids is 1. The molecule has 23 heavy (non-hydrogen) atoms. The summed E-state index contributed by atoms with van der Waals surface area (Å²) < 4.78 is 10.6. The van der Waals surface area contributed by atoms with E-state index in [2.05, 4.69) is 5.32 Å². The first-order valence-electron chi connectivity index (χ1n) is 8.40. The van der Waals surface area contributed by atoms with Gasteiger partial charge in [0.15, 0.2) is 0 Å². The SMILES string of the molecule is O=C(NC[C@H]1CCC2(CCOCC2)[C@H]1O)OCc1ccccc1. The molecule has 1 aromatic carbocycles. The number of ether oxygens (including phenoxy) is 2. The smallest absolute Gasteiger partial charge is 0.407 e. The van der Waals surface area contributed by atoms with Gasteiger partial charge in [-0.05, 0) is 31.2 Å². The normalized spacial score (nSPS) is 26.1. The van der Waals surface area contributed by atoms with E-state index in [1.807, 2.05) is 30.3 Å². The summed E-state index contributed by atoms with van der Waals surface area (Å²) in [4.78, 5) is 11.8. The van der Waals surface area contributed by atoms with E-state index in [-0.39, 0.29) is 24.0 Å². The van der Waals surface area contributed by atoms with Gasteiger partial charge in [-0.1, -0.05) is 30.3 Å². The molecule has 2 atom stereocenters. The van der Waals surface area contributed by atoms with Gasteiger partial charge >= 0.3 is 6.09 Å². The summed E-state index contributed by atoms with van der Waals surface area (Å²) in [5, 5.41) is 13.4. The Bertz CT molecular complexity index is 513. The number of aliphatic hydroxyl groups is 1. The molecular weight excluding hydrogens is 294 g/mol. The Hall–Kier alpha value is -1.59. The number of hydrogen-bond donors (Lipinski definition) is 2. The number of alkyl carbamates (subject to hydrolysis) is 1. The van der Waals surface area contributed by atoms with E-state index in [0.717, 1.165) is 44.5 Å². The molecule has 0 aromatic heterocycles. The van der Waals surface area contributed by atoms with Crippen molar-refractivity contribution in [2.24, 2.45) is 11.3 Å². The summed E-state index contributed by atoms with van der Waals surface area (Å²) in [6.07, 6.45) is 3.02. The molecule has 1 amide bonds. The first-order chi connectivity index (χ1) is 11.2. The van der Waals surface area contributed by atoms with Gasteiger partial charge in [-0.2, -0.15) is 0 Å². The van der Waals surface area contributed by atoms with Crippen LogP contribution < -0.4 is 5.32 Å². The molecule has 1 aliphatic heterocycles. The number of rotatable bonds is 4. The Balaban J connectivity index is 1.42.